The zero-order chi connectivity index (χ0) is 19.6. The number of carboxylic acid groups (broad SMARTS) is 1. The van der Waals surface area contributed by atoms with E-state index >= 15 is 0 Å². The first-order valence-electron chi connectivity index (χ1n) is 8.11. The van der Waals surface area contributed by atoms with Crippen LogP contribution in [0.4, 0.5) is 4.39 Å². The highest BCUT2D eigenvalue weighted by molar-refractivity contribution is 6.20. The zero-order valence-electron chi connectivity index (χ0n) is 14.8. The van der Waals surface area contributed by atoms with Gasteiger partial charge in [-0.15, -0.1) is 0 Å². The van der Waals surface area contributed by atoms with Crippen molar-refractivity contribution in [2.45, 2.75) is 39.3 Å². The maximum atomic E-state index is 13.8. The number of aliphatic carboxylic acids is 1. The highest BCUT2D eigenvalue weighted by Crippen LogP contribution is 2.31. The van der Waals surface area contributed by atoms with Crippen LogP contribution in [-0.2, 0) is 25.7 Å². The van der Waals surface area contributed by atoms with Crippen molar-refractivity contribution in [3.8, 4) is 0 Å². The van der Waals surface area contributed by atoms with Gasteiger partial charge >= 0.3 is 5.97 Å². The molecule has 1 aromatic rings. The number of likely N-dealkylation sites (tertiary alicyclic amines) is 1. The third-order valence-electron chi connectivity index (χ3n) is 4.43. The van der Waals surface area contributed by atoms with E-state index in [1.807, 2.05) is 0 Å². The molecule has 0 saturated carbocycles. The summed E-state index contributed by atoms with van der Waals surface area (Å²) < 4.78 is 13.8. The van der Waals surface area contributed by atoms with E-state index < -0.39 is 47.4 Å². The Morgan fingerprint density at radius 1 is 1.35 bits per heavy atom. The van der Waals surface area contributed by atoms with Crippen LogP contribution in [0, 0.1) is 18.7 Å². The summed E-state index contributed by atoms with van der Waals surface area (Å²) in [6.45, 7) is 4.37. The number of amides is 2. The van der Waals surface area contributed by atoms with Crippen LogP contribution in [0.15, 0.2) is 18.2 Å². The number of benzene rings is 1. The lowest BCUT2D eigenvalue weighted by Crippen LogP contribution is -2.60. The second-order valence-electron chi connectivity index (χ2n) is 7.01. The molecular formula is C18H21FN2O5. The number of hydrogen-bond acceptors (Lipinski definition) is 4. The Hall–Kier alpha value is -2.77. The Bertz CT molecular complexity index is 775. The molecule has 1 heterocycles. The van der Waals surface area contributed by atoms with Gasteiger partial charge in [0.15, 0.2) is 11.7 Å². The van der Waals surface area contributed by atoms with Crippen LogP contribution in [-0.4, -0.2) is 45.7 Å². The monoisotopic (exact) mass is 364 g/mol. The number of carbonyl (C=O) groups is 4. The molecule has 2 N–H and O–H groups in total. The van der Waals surface area contributed by atoms with Gasteiger partial charge < -0.3 is 15.3 Å². The number of nitrogens with one attached hydrogen (secondary N) is 1. The predicted octanol–water partition coefficient (Wildman–Crippen LogP) is 1.03. The maximum Gasteiger partial charge on any atom is 0.322 e. The first kappa shape index (κ1) is 19.6. The molecule has 2 rings (SSSR count). The minimum Gasteiger partial charge on any atom is -0.480 e. The molecule has 0 aromatic heterocycles. The number of rotatable bonds is 5. The van der Waals surface area contributed by atoms with Gasteiger partial charge in [0.1, 0.15) is 12.4 Å². The Labute approximate surface area is 150 Å². The van der Waals surface area contributed by atoms with Crippen molar-refractivity contribution < 1.29 is 28.7 Å². The summed E-state index contributed by atoms with van der Waals surface area (Å²) in [5.41, 5.74) is 0.159. The standard InChI is InChI=1S/C18H21FN2O5/c1-10-4-5-11(6-12(10)19)9-21-17(26)15(13(22)7-18(21,2)3)16(25)20-8-14(23)24/h4-6,15H,7-9H2,1-3H3,(H,20,25)(H,23,24). The van der Waals surface area contributed by atoms with E-state index in [2.05, 4.69) is 5.32 Å². The van der Waals surface area contributed by atoms with Crippen LogP contribution in [0.3, 0.4) is 0 Å². The van der Waals surface area contributed by atoms with E-state index in [1.165, 1.54) is 11.0 Å². The van der Waals surface area contributed by atoms with Crippen molar-refractivity contribution in [3.05, 3.63) is 35.1 Å². The fraction of sp³-hybridized carbons (Fsp3) is 0.444. The molecule has 1 aromatic carbocycles. The van der Waals surface area contributed by atoms with E-state index in [-0.39, 0.29) is 13.0 Å². The molecular weight excluding hydrogens is 343 g/mol. The Morgan fingerprint density at radius 2 is 2.00 bits per heavy atom. The molecule has 140 valence electrons. The van der Waals surface area contributed by atoms with Crippen LogP contribution in [0.5, 0.6) is 0 Å². The molecule has 1 atom stereocenters. The van der Waals surface area contributed by atoms with Crippen LogP contribution in [0.25, 0.3) is 0 Å². The number of carboxylic acids is 1. The number of hydrogen-bond donors (Lipinski definition) is 2. The molecule has 0 radical (unpaired) electrons. The van der Waals surface area contributed by atoms with E-state index in [9.17, 15) is 23.6 Å². The smallest absolute Gasteiger partial charge is 0.322 e. The van der Waals surface area contributed by atoms with Gasteiger partial charge in [0, 0.05) is 18.5 Å². The summed E-state index contributed by atoms with van der Waals surface area (Å²) in [6.07, 6.45) is -0.0573. The van der Waals surface area contributed by atoms with Crippen molar-refractivity contribution in [1.29, 1.82) is 0 Å². The van der Waals surface area contributed by atoms with Crippen molar-refractivity contribution in [1.82, 2.24) is 10.2 Å². The molecule has 0 bridgehead atoms. The van der Waals surface area contributed by atoms with Gasteiger partial charge in [0.25, 0.3) is 0 Å². The number of piperidine rings is 1. The number of halogens is 1. The zero-order valence-corrected chi connectivity index (χ0v) is 14.8. The van der Waals surface area contributed by atoms with Gasteiger partial charge in [-0.1, -0.05) is 12.1 Å². The van der Waals surface area contributed by atoms with Crippen LogP contribution >= 0.6 is 0 Å². The second-order valence-corrected chi connectivity index (χ2v) is 7.01. The Morgan fingerprint density at radius 3 is 2.58 bits per heavy atom. The van der Waals surface area contributed by atoms with Crippen LogP contribution in [0.2, 0.25) is 0 Å². The van der Waals surface area contributed by atoms with Crippen LogP contribution < -0.4 is 5.32 Å². The van der Waals surface area contributed by atoms with E-state index in [1.54, 1.807) is 32.9 Å². The average Bonchev–Trinajstić information content (AvgIpc) is 2.52. The van der Waals surface area contributed by atoms with Gasteiger partial charge in [-0.25, -0.2) is 4.39 Å². The molecule has 7 nitrogen and oxygen atoms in total. The topological polar surface area (TPSA) is 104 Å². The summed E-state index contributed by atoms with van der Waals surface area (Å²) in [6, 6.07) is 4.58. The average molecular weight is 364 g/mol. The molecule has 2 amide bonds. The Balaban J connectivity index is 2.26. The molecule has 1 aliphatic rings. The van der Waals surface area contributed by atoms with Crippen molar-refractivity contribution in [2.24, 2.45) is 5.92 Å². The fourth-order valence-electron chi connectivity index (χ4n) is 2.95. The number of carbonyl (C=O) groups excluding carboxylic acids is 3. The molecule has 1 aliphatic heterocycles. The lowest BCUT2D eigenvalue weighted by molar-refractivity contribution is -0.158. The van der Waals surface area contributed by atoms with Crippen molar-refractivity contribution in [3.63, 3.8) is 0 Å². The third kappa shape index (κ3) is 4.07. The fourth-order valence-corrected chi connectivity index (χ4v) is 2.95. The molecule has 26 heavy (non-hydrogen) atoms. The summed E-state index contributed by atoms with van der Waals surface area (Å²) in [4.78, 5) is 49.2. The van der Waals surface area contributed by atoms with E-state index in [4.69, 9.17) is 5.11 Å². The molecule has 1 saturated heterocycles. The largest absolute Gasteiger partial charge is 0.480 e. The molecule has 1 fully saturated rings. The van der Waals surface area contributed by atoms with Gasteiger partial charge in [0.05, 0.1) is 0 Å². The minimum atomic E-state index is -1.59. The first-order valence-corrected chi connectivity index (χ1v) is 8.11. The van der Waals surface area contributed by atoms with Gasteiger partial charge in [-0.2, -0.15) is 0 Å². The van der Waals surface area contributed by atoms with Gasteiger partial charge in [-0.3, -0.25) is 19.2 Å². The normalized spacial score (nSPS) is 19.4. The number of nitrogens with zero attached hydrogens (tertiary/aromatic N) is 1. The SMILES string of the molecule is Cc1ccc(CN2C(=O)C(C(=O)NCC(=O)O)C(=O)CC2(C)C)cc1F. The second kappa shape index (κ2) is 7.23. The molecule has 0 aliphatic carbocycles. The molecule has 8 heteroatoms. The highest BCUT2D eigenvalue weighted by atomic mass is 19.1. The molecule has 1 unspecified atom stereocenters. The van der Waals surface area contributed by atoms with Crippen molar-refractivity contribution in [2.75, 3.05) is 6.54 Å². The maximum absolute atomic E-state index is 13.8. The van der Waals surface area contributed by atoms with Crippen LogP contribution in [0.1, 0.15) is 31.4 Å². The number of aryl methyl sites for hydroxylation is 1. The summed E-state index contributed by atoms with van der Waals surface area (Å²) in [5, 5.41) is 10.7. The van der Waals surface area contributed by atoms with E-state index in [0.29, 0.717) is 11.1 Å². The van der Waals surface area contributed by atoms with E-state index in [0.717, 1.165) is 0 Å². The molecule has 0 spiro atoms. The minimum absolute atomic E-state index is 0.0407. The predicted molar refractivity (Wildman–Crippen MR) is 89.5 cm³/mol. The van der Waals surface area contributed by atoms with Gasteiger partial charge in [0.2, 0.25) is 11.8 Å². The van der Waals surface area contributed by atoms with Crippen molar-refractivity contribution >= 4 is 23.6 Å². The highest BCUT2D eigenvalue weighted by Gasteiger charge is 2.48. The first-order chi connectivity index (χ1) is 12.0. The summed E-state index contributed by atoms with van der Waals surface area (Å²) in [5.74, 6) is -5.47. The quantitative estimate of drug-likeness (QED) is 0.760. The lowest BCUT2D eigenvalue weighted by Gasteiger charge is -2.44. The third-order valence-corrected chi connectivity index (χ3v) is 4.43. The Kier molecular flexibility index (Phi) is 5.44. The summed E-state index contributed by atoms with van der Waals surface area (Å²) in [7, 11) is 0. The number of ketones is 1. The van der Waals surface area contributed by atoms with Gasteiger partial charge in [-0.05, 0) is 38.0 Å². The number of Topliss-reactive ketones (excluding diaryl/α,β-unsaturated/α-hetero) is 1. The summed E-state index contributed by atoms with van der Waals surface area (Å²) >= 11 is 0. The lowest BCUT2D eigenvalue weighted by atomic mass is 9.82.